The van der Waals surface area contributed by atoms with Crippen molar-refractivity contribution in [3.05, 3.63) is 131 Å². The maximum atomic E-state index is 7.28. The van der Waals surface area contributed by atoms with Gasteiger partial charge in [0.15, 0.2) is 5.60 Å². The Morgan fingerprint density at radius 2 is 1.37 bits per heavy atom. The number of hydrogen-bond acceptors (Lipinski definition) is 3. The predicted octanol–water partition coefficient (Wildman–Crippen LogP) is 7.97. The number of rotatable bonds is 4. The van der Waals surface area contributed by atoms with E-state index in [2.05, 4.69) is 91.0 Å². The van der Waals surface area contributed by atoms with Gasteiger partial charge in [0.05, 0.1) is 14.2 Å². The third-order valence-corrected chi connectivity index (χ3v) is 8.00. The zero-order valence-electron chi connectivity index (χ0n) is 21.5. The predicted molar refractivity (Wildman–Crippen MR) is 153 cm³/mol. The summed E-state index contributed by atoms with van der Waals surface area (Å²) in [6.45, 7) is 0. The molecule has 1 aliphatic carbocycles. The van der Waals surface area contributed by atoms with Crippen molar-refractivity contribution in [2.75, 3.05) is 14.2 Å². The largest absolute Gasteiger partial charge is 0.497 e. The highest BCUT2D eigenvalue weighted by Crippen LogP contribution is 2.51. The molecule has 2 aliphatic rings. The van der Waals surface area contributed by atoms with E-state index in [1.807, 2.05) is 18.2 Å². The molecule has 0 aromatic heterocycles. The van der Waals surface area contributed by atoms with Crippen LogP contribution in [0.4, 0.5) is 0 Å². The maximum Gasteiger partial charge on any atom is 0.178 e. The average Bonchev–Trinajstić information content (AvgIpc) is 3.00. The second-order valence-electron chi connectivity index (χ2n) is 9.93. The fourth-order valence-corrected chi connectivity index (χ4v) is 6.13. The van der Waals surface area contributed by atoms with E-state index < -0.39 is 5.60 Å². The molecule has 3 heteroatoms. The lowest BCUT2D eigenvalue weighted by Crippen LogP contribution is -2.35. The van der Waals surface area contributed by atoms with Crippen molar-refractivity contribution in [3.8, 4) is 28.4 Å². The highest BCUT2D eigenvalue weighted by atomic mass is 16.5. The Kier molecular flexibility index (Phi) is 5.26. The van der Waals surface area contributed by atoms with E-state index in [-0.39, 0.29) is 0 Å². The van der Waals surface area contributed by atoms with Crippen LogP contribution in [0.3, 0.4) is 0 Å². The first-order chi connectivity index (χ1) is 18.7. The van der Waals surface area contributed by atoms with Gasteiger partial charge in [-0.15, -0.1) is 0 Å². The summed E-state index contributed by atoms with van der Waals surface area (Å²) in [6.07, 6.45) is 6.33. The molecule has 0 N–H and O–H groups in total. The van der Waals surface area contributed by atoms with Gasteiger partial charge in [0.2, 0.25) is 0 Å². The molecule has 0 fully saturated rings. The Bertz CT molecular complexity index is 1700. The van der Waals surface area contributed by atoms with Crippen molar-refractivity contribution in [1.29, 1.82) is 0 Å². The lowest BCUT2D eigenvalue weighted by Gasteiger charge is -2.39. The monoisotopic (exact) mass is 496 g/mol. The summed E-state index contributed by atoms with van der Waals surface area (Å²) in [4.78, 5) is 0. The van der Waals surface area contributed by atoms with E-state index in [9.17, 15) is 0 Å². The van der Waals surface area contributed by atoms with Crippen LogP contribution in [0.25, 0.3) is 28.0 Å². The van der Waals surface area contributed by atoms with Crippen molar-refractivity contribution in [3.63, 3.8) is 0 Å². The molecule has 5 aromatic rings. The Hall–Kier alpha value is -4.50. The minimum absolute atomic E-state index is 0.753. The first kappa shape index (κ1) is 22.7. The van der Waals surface area contributed by atoms with E-state index in [4.69, 9.17) is 14.2 Å². The molecule has 7 rings (SSSR count). The van der Waals surface area contributed by atoms with Gasteiger partial charge in [0.1, 0.15) is 17.2 Å². The molecular weight excluding hydrogens is 468 g/mol. The first-order valence-corrected chi connectivity index (χ1v) is 13.0. The molecule has 0 spiro atoms. The van der Waals surface area contributed by atoms with Crippen LogP contribution >= 0.6 is 0 Å². The van der Waals surface area contributed by atoms with Crippen LogP contribution in [0, 0.1) is 0 Å². The highest BCUT2D eigenvalue weighted by Gasteiger charge is 2.39. The second kappa shape index (κ2) is 8.81. The number of ether oxygens (including phenoxy) is 3. The maximum absolute atomic E-state index is 7.28. The Morgan fingerprint density at radius 1 is 0.684 bits per heavy atom. The zero-order valence-corrected chi connectivity index (χ0v) is 21.5. The van der Waals surface area contributed by atoms with E-state index >= 15 is 0 Å². The zero-order chi connectivity index (χ0) is 25.7. The van der Waals surface area contributed by atoms with Gasteiger partial charge in [-0.2, -0.15) is 0 Å². The number of methoxy groups -OCH3 is 2. The SMILES string of the molecule is COc1ccc(C2(c3ccccc3)C=Cc3c(c4c(c5ccccc35)-c3ccc(OC)cc3CC4)O2)cc1. The standard InChI is InChI=1S/C35H28O3/c1-36-26-15-13-25(14-16-26)35(24-8-4-3-5-9-24)21-20-31-29-10-6-7-11-30(29)33-28-19-17-27(37-2)22-23(28)12-18-32(33)34(31)38-35/h3-11,13-17,19-22H,12,18H2,1-2H3. The van der Waals surface area contributed by atoms with Crippen molar-refractivity contribution in [2.45, 2.75) is 18.4 Å². The van der Waals surface area contributed by atoms with Crippen LogP contribution in [-0.4, -0.2) is 14.2 Å². The first-order valence-electron chi connectivity index (χ1n) is 13.0. The van der Waals surface area contributed by atoms with Crippen LogP contribution in [0.2, 0.25) is 0 Å². The van der Waals surface area contributed by atoms with Gasteiger partial charge in [0.25, 0.3) is 0 Å². The Labute approximate surface area is 222 Å². The van der Waals surface area contributed by atoms with Crippen LogP contribution in [0.1, 0.15) is 27.8 Å². The number of fused-ring (bicyclic) bond motifs is 8. The number of aryl methyl sites for hydroxylation is 1. The number of benzene rings is 5. The summed E-state index contributed by atoms with van der Waals surface area (Å²) in [7, 11) is 3.42. The van der Waals surface area contributed by atoms with E-state index in [0.29, 0.717) is 0 Å². The van der Waals surface area contributed by atoms with E-state index in [0.717, 1.165) is 46.8 Å². The molecule has 3 nitrogen and oxygen atoms in total. The third kappa shape index (κ3) is 3.35. The molecular formula is C35H28O3. The van der Waals surface area contributed by atoms with Gasteiger partial charge in [-0.3, -0.25) is 0 Å². The molecule has 0 radical (unpaired) electrons. The molecule has 0 amide bonds. The summed E-state index contributed by atoms with van der Waals surface area (Å²) in [5, 5.41) is 2.47. The Morgan fingerprint density at radius 3 is 2.13 bits per heavy atom. The van der Waals surface area contributed by atoms with Gasteiger partial charge in [0, 0.05) is 22.3 Å². The molecule has 186 valence electrons. The number of hydrogen-bond donors (Lipinski definition) is 0. The molecule has 0 saturated carbocycles. The minimum Gasteiger partial charge on any atom is -0.497 e. The molecule has 1 unspecified atom stereocenters. The van der Waals surface area contributed by atoms with E-state index in [1.54, 1.807) is 14.2 Å². The fraction of sp³-hybridized carbons (Fsp3) is 0.143. The van der Waals surface area contributed by atoms with E-state index in [1.165, 1.54) is 33.0 Å². The Balaban J connectivity index is 1.50. The van der Waals surface area contributed by atoms with Crippen molar-refractivity contribution in [2.24, 2.45) is 0 Å². The average molecular weight is 497 g/mol. The van der Waals surface area contributed by atoms with Crippen molar-refractivity contribution >= 4 is 16.8 Å². The lowest BCUT2D eigenvalue weighted by atomic mass is 9.78. The van der Waals surface area contributed by atoms with Gasteiger partial charge in [-0.1, -0.05) is 72.8 Å². The van der Waals surface area contributed by atoms with Crippen LogP contribution in [0.15, 0.2) is 103 Å². The van der Waals surface area contributed by atoms with Crippen LogP contribution in [0.5, 0.6) is 17.2 Å². The van der Waals surface area contributed by atoms with Gasteiger partial charge in [-0.05, 0) is 76.7 Å². The molecule has 5 aromatic carbocycles. The third-order valence-electron chi connectivity index (χ3n) is 8.00. The highest BCUT2D eigenvalue weighted by molar-refractivity contribution is 6.06. The van der Waals surface area contributed by atoms with Crippen molar-refractivity contribution in [1.82, 2.24) is 0 Å². The molecule has 1 heterocycles. The molecule has 38 heavy (non-hydrogen) atoms. The van der Waals surface area contributed by atoms with Crippen molar-refractivity contribution < 1.29 is 14.2 Å². The summed E-state index contributed by atoms with van der Waals surface area (Å²) in [5.41, 5.74) is 7.68. The molecule has 1 aliphatic heterocycles. The van der Waals surface area contributed by atoms with Crippen LogP contribution < -0.4 is 14.2 Å². The minimum atomic E-state index is -0.753. The van der Waals surface area contributed by atoms with Crippen LogP contribution in [-0.2, 0) is 18.4 Å². The fourth-order valence-electron chi connectivity index (χ4n) is 6.13. The molecule has 0 bridgehead atoms. The molecule has 0 saturated heterocycles. The van der Waals surface area contributed by atoms with Gasteiger partial charge in [-0.25, -0.2) is 0 Å². The second-order valence-corrected chi connectivity index (χ2v) is 9.93. The van der Waals surface area contributed by atoms with Gasteiger partial charge >= 0.3 is 0 Å². The summed E-state index contributed by atoms with van der Waals surface area (Å²) in [6, 6.07) is 33.9. The lowest BCUT2D eigenvalue weighted by molar-refractivity contribution is 0.159. The quantitative estimate of drug-likeness (QED) is 0.252. The summed E-state index contributed by atoms with van der Waals surface area (Å²) < 4.78 is 18.3. The smallest absolute Gasteiger partial charge is 0.178 e. The van der Waals surface area contributed by atoms with Gasteiger partial charge < -0.3 is 14.2 Å². The molecule has 1 atom stereocenters. The normalized spacial score (nSPS) is 17.2. The summed E-state index contributed by atoms with van der Waals surface area (Å²) in [5.74, 6) is 2.70. The summed E-state index contributed by atoms with van der Waals surface area (Å²) >= 11 is 0. The topological polar surface area (TPSA) is 27.7 Å².